The standard InChI is InChI=1S/C15H17N3O/c16-13-9-12(17-18-13)15(6-2-7-15)11-4-1-3-10-5-8-19-14(10)11/h1,3-4,9H,2,5-8H2,(H3,16,17,18). The minimum Gasteiger partial charge on any atom is -0.493 e. The lowest BCUT2D eigenvalue weighted by atomic mass is 9.62. The molecule has 0 radical (unpaired) electrons. The van der Waals surface area contributed by atoms with Crippen LogP contribution in [0.3, 0.4) is 0 Å². The average Bonchev–Trinajstić information content (AvgIpc) is 2.97. The van der Waals surface area contributed by atoms with Gasteiger partial charge in [-0.1, -0.05) is 24.6 Å². The lowest BCUT2D eigenvalue weighted by Crippen LogP contribution is -2.36. The van der Waals surface area contributed by atoms with Crippen molar-refractivity contribution in [1.82, 2.24) is 10.2 Å². The highest BCUT2D eigenvalue weighted by Crippen LogP contribution is 2.52. The van der Waals surface area contributed by atoms with Gasteiger partial charge in [0.15, 0.2) is 0 Å². The number of para-hydroxylation sites is 1. The molecule has 0 saturated heterocycles. The van der Waals surface area contributed by atoms with Crippen molar-refractivity contribution in [1.29, 1.82) is 0 Å². The number of hydrogen-bond donors (Lipinski definition) is 2. The Morgan fingerprint density at radius 3 is 2.89 bits per heavy atom. The number of anilines is 1. The number of nitrogens with one attached hydrogen (secondary N) is 1. The predicted octanol–water partition coefficient (Wildman–Crippen LogP) is 2.40. The van der Waals surface area contributed by atoms with Crippen molar-refractivity contribution in [2.75, 3.05) is 12.3 Å². The summed E-state index contributed by atoms with van der Waals surface area (Å²) < 4.78 is 5.87. The zero-order chi connectivity index (χ0) is 12.9. The topological polar surface area (TPSA) is 63.9 Å². The molecule has 3 N–H and O–H groups in total. The SMILES string of the molecule is Nc1cc(C2(c3cccc4c3OCC4)CCC2)[nH]n1. The van der Waals surface area contributed by atoms with E-state index in [9.17, 15) is 0 Å². The molecule has 4 nitrogen and oxygen atoms in total. The largest absolute Gasteiger partial charge is 0.493 e. The van der Waals surface area contributed by atoms with Crippen LogP contribution in [0, 0.1) is 0 Å². The molecule has 2 aliphatic rings. The van der Waals surface area contributed by atoms with Crippen LogP contribution in [-0.2, 0) is 11.8 Å². The van der Waals surface area contributed by atoms with Crippen molar-refractivity contribution >= 4 is 5.82 Å². The Hall–Kier alpha value is -1.97. The van der Waals surface area contributed by atoms with E-state index in [0.29, 0.717) is 5.82 Å². The van der Waals surface area contributed by atoms with E-state index in [1.54, 1.807) is 0 Å². The highest BCUT2D eigenvalue weighted by Gasteiger charge is 2.44. The minimum atomic E-state index is 0.0281. The molecular formula is C15H17N3O. The maximum atomic E-state index is 5.87. The summed E-state index contributed by atoms with van der Waals surface area (Å²) in [4.78, 5) is 0. The van der Waals surface area contributed by atoms with Gasteiger partial charge in [0.1, 0.15) is 11.6 Å². The zero-order valence-corrected chi connectivity index (χ0v) is 10.8. The van der Waals surface area contributed by atoms with E-state index < -0.39 is 0 Å². The molecule has 1 aromatic carbocycles. The summed E-state index contributed by atoms with van der Waals surface area (Å²) in [5, 5.41) is 7.20. The fourth-order valence-electron chi connectivity index (χ4n) is 3.39. The lowest BCUT2D eigenvalue weighted by molar-refractivity contribution is 0.275. The van der Waals surface area contributed by atoms with Gasteiger partial charge in [0, 0.05) is 29.2 Å². The third-order valence-corrected chi connectivity index (χ3v) is 4.55. The Labute approximate surface area is 112 Å². The summed E-state index contributed by atoms with van der Waals surface area (Å²) in [6.07, 6.45) is 4.52. The normalized spacial score (nSPS) is 19.6. The number of H-pyrrole nitrogens is 1. The summed E-state index contributed by atoms with van der Waals surface area (Å²) in [6.45, 7) is 0.799. The molecule has 1 aliphatic carbocycles. The fraction of sp³-hybridized carbons (Fsp3) is 0.400. The van der Waals surface area contributed by atoms with Gasteiger partial charge in [0.2, 0.25) is 0 Å². The van der Waals surface area contributed by atoms with E-state index in [1.807, 2.05) is 6.07 Å². The first-order valence-electron chi connectivity index (χ1n) is 6.86. The van der Waals surface area contributed by atoms with Gasteiger partial charge in [-0.25, -0.2) is 0 Å². The molecule has 1 saturated carbocycles. The Bertz CT molecular complexity index is 628. The van der Waals surface area contributed by atoms with Crippen LogP contribution in [0.25, 0.3) is 0 Å². The lowest BCUT2D eigenvalue weighted by Gasteiger charge is -2.42. The highest BCUT2D eigenvalue weighted by molar-refractivity contribution is 5.53. The van der Waals surface area contributed by atoms with Crippen LogP contribution in [0.2, 0.25) is 0 Å². The monoisotopic (exact) mass is 255 g/mol. The molecule has 1 aromatic heterocycles. The Morgan fingerprint density at radius 1 is 1.32 bits per heavy atom. The third kappa shape index (κ3) is 1.43. The van der Waals surface area contributed by atoms with Crippen LogP contribution in [-0.4, -0.2) is 16.8 Å². The molecule has 0 spiro atoms. The zero-order valence-electron chi connectivity index (χ0n) is 10.8. The molecule has 2 aromatic rings. The number of aromatic amines is 1. The number of hydrogen-bond acceptors (Lipinski definition) is 3. The third-order valence-electron chi connectivity index (χ3n) is 4.55. The van der Waals surface area contributed by atoms with Crippen molar-refractivity contribution in [3.8, 4) is 5.75 Å². The molecule has 1 fully saturated rings. The van der Waals surface area contributed by atoms with Crippen molar-refractivity contribution in [3.63, 3.8) is 0 Å². The number of ether oxygens (including phenoxy) is 1. The molecule has 0 bridgehead atoms. The first-order chi connectivity index (χ1) is 9.29. The number of nitrogens with two attached hydrogens (primary N) is 1. The molecule has 0 unspecified atom stereocenters. The number of fused-ring (bicyclic) bond motifs is 1. The van der Waals surface area contributed by atoms with Crippen LogP contribution in [0.4, 0.5) is 5.82 Å². The van der Waals surface area contributed by atoms with Gasteiger partial charge in [-0.3, -0.25) is 5.10 Å². The van der Waals surface area contributed by atoms with Gasteiger partial charge in [-0.05, 0) is 18.4 Å². The maximum Gasteiger partial charge on any atom is 0.145 e. The van der Waals surface area contributed by atoms with Crippen LogP contribution in [0.5, 0.6) is 5.75 Å². The molecule has 0 amide bonds. The Morgan fingerprint density at radius 2 is 2.21 bits per heavy atom. The smallest absolute Gasteiger partial charge is 0.145 e. The number of benzene rings is 1. The van der Waals surface area contributed by atoms with Gasteiger partial charge in [-0.2, -0.15) is 5.10 Å². The second kappa shape index (κ2) is 3.76. The van der Waals surface area contributed by atoms with Crippen molar-refractivity contribution < 1.29 is 4.74 Å². The Balaban J connectivity index is 1.88. The molecule has 19 heavy (non-hydrogen) atoms. The fourth-order valence-corrected chi connectivity index (χ4v) is 3.39. The first kappa shape index (κ1) is 10.9. The van der Waals surface area contributed by atoms with Crippen LogP contribution >= 0.6 is 0 Å². The van der Waals surface area contributed by atoms with Gasteiger partial charge < -0.3 is 10.5 Å². The van der Waals surface area contributed by atoms with E-state index in [1.165, 1.54) is 17.5 Å². The summed E-state index contributed by atoms with van der Waals surface area (Å²) >= 11 is 0. The van der Waals surface area contributed by atoms with E-state index >= 15 is 0 Å². The molecule has 4 rings (SSSR count). The number of nitrogens with zero attached hydrogens (tertiary/aromatic N) is 1. The second-order valence-electron chi connectivity index (χ2n) is 5.53. The van der Waals surface area contributed by atoms with Gasteiger partial charge in [0.25, 0.3) is 0 Å². The quantitative estimate of drug-likeness (QED) is 0.866. The minimum absolute atomic E-state index is 0.0281. The number of aromatic nitrogens is 2. The predicted molar refractivity (Wildman–Crippen MR) is 73.3 cm³/mol. The van der Waals surface area contributed by atoms with Gasteiger partial charge in [-0.15, -0.1) is 0 Å². The van der Waals surface area contributed by atoms with Crippen LogP contribution in [0.15, 0.2) is 24.3 Å². The summed E-state index contributed by atoms with van der Waals surface area (Å²) in [6, 6.07) is 8.47. The summed E-state index contributed by atoms with van der Waals surface area (Å²) in [5.74, 6) is 1.66. The molecule has 0 atom stereocenters. The van der Waals surface area contributed by atoms with Crippen LogP contribution < -0.4 is 10.5 Å². The molecule has 98 valence electrons. The van der Waals surface area contributed by atoms with Gasteiger partial charge >= 0.3 is 0 Å². The maximum absolute atomic E-state index is 5.87. The Kier molecular flexibility index (Phi) is 2.16. The molecule has 2 heterocycles. The second-order valence-corrected chi connectivity index (χ2v) is 5.53. The molecule has 4 heteroatoms. The van der Waals surface area contributed by atoms with E-state index in [2.05, 4.69) is 28.4 Å². The number of rotatable bonds is 2. The first-order valence-corrected chi connectivity index (χ1v) is 6.86. The molecular weight excluding hydrogens is 238 g/mol. The highest BCUT2D eigenvalue weighted by atomic mass is 16.5. The average molecular weight is 255 g/mol. The summed E-state index contributed by atoms with van der Waals surface area (Å²) in [5.41, 5.74) is 9.56. The van der Waals surface area contributed by atoms with E-state index in [-0.39, 0.29) is 5.41 Å². The van der Waals surface area contributed by atoms with Crippen molar-refractivity contribution in [3.05, 3.63) is 41.1 Å². The summed E-state index contributed by atoms with van der Waals surface area (Å²) in [7, 11) is 0. The van der Waals surface area contributed by atoms with Gasteiger partial charge in [0.05, 0.1) is 6.61 Å². The van der Waals surface area contributed by atoms with E-state index in [4.69, 9.17) is 10.5 Å². The molecule has 1 aliphatic heterocycles. The number of nitrogen functional groups attached to an aromatic ring is 1. The van der Waals surface area contributed by atoms with Crippen LogP contribution in [0.1, 0.15) is 36.1 Å². The van der Waals surface area contributed by atoms with Crippen molar-refractivity contribution in [2.45, 2.75) is 31.1 Å². The van der Waals surface area contributed by atoms with E-state index in [0.717, 1.165) is 37.3 Å². The van der Waals surface area contributed by atoms with Crippen molar-refractivity contribution in [2.24, 2.45) is 0 Å².